The predicted molar refractivity (Wildman–Crippen MR) is 116 cm³/mol. The first kappa shape index (κ1) is 23.4. The van der Waals surface area contributed by atoms with E-state index in [1.807, 2.05) is 4.90 Å². The van der Waals surface area contributed by atoms with Crippen molar-refractivity contribution in [2.24, 2.45) is 4.99 Å². The van der Waals surface area contributed by atoms with Gasteiger partial charge in [-0.25, -0.2) is 0 Å². The van der Waals surface area contributed by atoms with Crippen LogP contribution in [0.1, 0.15) is 39.0 Å². The van der Waals surface area contributed by atoms with Crippen molar-refractivity contribution >= 4 is 35.8 Å². The minimum atomic E-state index is 0. The normalized spacial score (nSPS) is 21.2. The summed E-state index contributed by atoms with van der Waals surface area (Å²) in [5, 5.41) is 6.72. The first-order chi connectivity index (χ1) is 12.2. The molecule has 1 amide bonds. The first-order valence-electron chi connectivity index (χ1n) is 9.77. The van der Waals surface area contributed by atoms with Gasteiger partial charge in [0.25, 0.3) is 0 Å². The Morgan fingerprint density at radius 1 is 1.27 bits per heavy atom. The molecule has 2 aliphatic heterocycles. The van der Waals surface area contributed by atoms with E-state index in [2.05, 4.69) is 22.5 Å². The SMILES string of the molecule is CCNC(=NCC1CCCN1CCOC)NCCCN1CCCC1=O.I. The van der Waals surface area contributed by atoms with Gasteiger partial charge in [0.05, 0.1) is 13.2 Å². The van der Waals surface area contributed by atoms with Gasteiger partial charge in [-0.2, -0.15) is 0 Å². The van der Waals surface area contributed by atoms with Crippen LogP contribution < -0.4 is 10.6 Å². The van der Waals surface area contributed by atoms with Gasteiger partial charge in [-0.15, -0.1) is 24.0 Å². The molecule has 152 valence electrons. The second-order valence-electron chi connectivity index (χ2n) is 6.81. The summed E-state index contributed by atoms with van der Waals surface area (Å²) in [4.78, 5) is 20.8. The topological polar surface area (TPSA) is 69.2 Å². The van der Waals surface area contributed by atoms with Crippen LogP contribution in [0, 0.1) is 0 Å². The first-order valence-corrected chi connectivity index (χ1v) is 9.77. The Labute approximate surface area is 175 Å². The average molecular weight is 481 g/mol. The fourth-order valence-corrected chi connectivity index (χ4v) is 3.56. The molecule has 2 fully saturated rings. The van der Waals surface area contributed by atoms with Gasteiger partial charge in [-0.3, -0.25) is 14.7 Å². The third-order valence-electron chi connectivity index (χ3n) is 4.95. The van der Waals surface area contributed by atoms with Gasteiger partial charge < -0.3 is 20.3 Å². The van der Waals surface area contributed by atoms with E-state index in [0.717, 1.165) is 77.6 Å². The van der Waals surface area contributed by atoms with Crippen molar-refractivity contribution in [3.05, 3.63) is 0 Å². The van der Waals surface area contributed by atoms with E-state index in [4.69, 9.17) is 9.73 Å². The van der Waals surface area contributed by atoms with Crippen molar-refractivity contribution in [3.63, 3.8) is 0 Å². The lowest BCUT2D eigenvalue weighted by Crippen LogP contribution is -2.40. The molecule has 8 heteroatoms. The molecule has 2 heterocycles. The Bertz CT molecular complexity index is 436. The molecule has 0 aromatic heterocycles. The summed E-state index contributed by atoms with van der Waals surface area (Å²) in [6.07, 6.45) is 5.15. The number of methoxy groups -OCH3 is 1. The molecular weight excluding hydrogens is 445 g/mol. The van der Waals surface area contributed by atoms with E-state index in [1.54, 1.807) is 7.11 Å². The van der Waals surface area contributed by atoms with Gasteiger partial charge in [0, 0.05) is 52.3 Å². The Kier molecular flexibility index (Phi) is 12.2. The highest BCUT2D eigenvalue weighted by atomic mass is 127. The van der Waals surface area contributed by atoms with Gasteiger partial charge in [0.1, 0.15) is 0 Å². The summed E-state index contributed by atoms with van der Waals surface area (Å²) in [6, 6.07) is 0.521. The summed E-state index contributed by atoms with van der Waals surface area (Å²) < 4.78 is 5.20. The Hall–Kier alpha value is -0.610. The largest absolute Gasteiger partial charge is 0.383 e. The van der Waals surface area contributed by atoms with Gasteiger partial charge >= 0.3 is 0 Å². The number of nitrogens with one attached hydrogen (secondary N) is 2. The van der Waals surface area contributed by atoms with Crippen molar-refractivity contribution in [2.75, 3.05) is 59.5 Å². The predicted octanol–water partition coefficient (Wildman–Crippen LogP) is 1.28. The van der Waals surface area contributed by atoms with Crippen LogP contribution in [0.5, 0.6) is 0 Å². The number of guanidine groups is 1. The van der Waals surface area contributed by atoms with E-state index in [9.17, 15) is 4.79 Å². The number of rotatable bonds is 10. The van der Waals surface area contributed by atoms with Gasteiger partial charge in [0.15, 0.2) is 5.96 Å². The molecule has 2 saturated heterocycles. The van der Waals surface area contributed by atoms with Gasteiger partial charge in [0.2, 0.25) is 5.91 Å². The van der Waals surface area contributed by atoms with Gasteiger partial charge in [-0.05, 0) is 39.2 Å². The zero-order valence-electron chi connectivity index (χ0n) is 16.3. The fraction of sp³-hybridized carbons (Fsp3) is 0.889. The van der Waals surface area contributed by atoms with E-state index >= 15 is 0 Å². The number of aliphatic imine (C=N–C) groups is 1. The zero-order chi connectivity index (χ0) is 17.9. The van der Waals surface area contributed by atoms with Crippen LogP contribution in [0.3, 0.4) is 0 Å². The number of nitrogens with zero attached hydrogens (tertiary/aromatic N) is 3. The lowest BCUT2D eigenvalue weighted by atomic mass is 10.2. The van der Waals surface area contributed by atoms with Crippen molar-refractivity contribution < 1.29 is 9.53 Å². The Balaban J connectivity index is 0.00000338. The fourth-order valence-electron chi connectivity index (χ4n) is 3.56. The molecule has 1 atom stereocenters. The van der Waals surface area contributed by atoms with Crippen LogP contribution in [0.25, 0.3) is 0 Å². The van der Waals surface area contributed by atoms with Gasteiger partial charge in [-0.1, -0.05) is 0 Å². The highest BCUT2D eigenvalue weighted by Gasteiger charge is 2.23. The molecular formula is C18H36IN5O2. The molecule has 26 heavy (non-hydrogen) atoms. The monoisotopic (exact) mass is 481 g/mol. The highest BCUT2D eigenvalue weighted by molar-refractivity contribution is 14.0. The minimum Gasteiger partial charge on any atom is -0.383 e. The van der Waals surface area contributed by atoms with E-state index < -0.39 is 0 Å². The highest BCUT2D eigenvalue weighted by Crippen LogP contribution is 2.16. The molecule has 0 aromatic rings. The van der Waals surface area contributed by atoms with Crippen LogP contribution in [-0.2, 0) is 9.53 Å². The Morgan fingerprint density at radius 3 is 2.81 bits per heavy atom. The molecule has 0 aromatic carbocycles. The van der Waals surface area contributed by atoms with Crippen molar-refractivity contribution in [1.82, 2.24) is 20.4 Å². The maximum Gasteiger partial charge on any atom is 0.222 e. The number of hydrogen-bond acceptors (Lipinski definition) is 4. The lowest BCUT2D eigenvalue weighted by Gasteiger charge is -2.23. The van der Waals surface area contributed by atoms with Crippen molar-refractivity contribution in [3.8, 4) is 0 Å². The molecule has 2 rings (SSSR count). The second kappa shape index (κ2) is 13.5. The molecule has 0 spiro atoms. The molecule has 0 radical (unpaired) electrons. The number of ether oxygens (including phenoxy) is 1. The van der Waals surface area contributed by atoms with Crippen molar-refractivity contribution in [2.45, 2.75) is 45.1 Å². The average Bonchev–Trinajstić information content (AvgIpc) is 3.23. The molecule has 0 saturated carbocycles. The van der Waals surface area contributed by atoms with Crippen LogP contribution in [0.15, 0.2) is 4.99 Å². The summed E-state index contributed by atoms with van der Waals surface area (Å²) in [5.74, 6) is 1.19. The number of carbonyl (C=O) groups is 1. The Morgan fingerprint density at radius 2 is 2.12 bits per heavy atom. The van der Waals surface area contributed by atoms with E-state index in [0.29, 0.717) is 11.9 Å². The standard InChI is InChI=1S/C18H35N5O2.HI/c1-3-19-18(20-9-6-12-23-11-5-8-17(23)24)21-15-16-7-4-10-22(16)13-14-25-2;/h16H,3-15H2,1-2H3,(H2,19,20,21);1H. The smallest absolute Gasteiger partial charge is 0.222 e. The summed E-state index contributed by atoms with van der Waals surface area (Å²) in [6.45, 7) is 9.30. The van der Waals surface area contributed by atoms with Crippen LogP contribution in [-0.4, -0.2) is 87.2 Å². The summed E-state index contributed by atoms with van der Waals surface area (Å²) in [5.41, 5.74) is 0. The van der Waals surface area contributed by atoms with Crippen LogP contribution >= 0.6 is 24.0 Å². The number of carbonyl (C=O) groups excluding carboxylic acids is 1. The summed E-state index contributed by atoms with van der Waals surface area (Å²) >= 11 is 0. The molecule has 1 unspecified atom stereocenters. The second-order valence-corrected chi connectivity index (χ2v) is 6.81. The maximum atomic E-state index is 11.6. The molecule has 7 nitrogen and oxygen atoms in total. The third kappa shape index (κ3) is 7.96. The molecule has 0 aliphatic carbocycles. The third-order valence-corrected chi connectivity index (χ3v) is 4.95. The molecule has 0 bridgehead atoms. The quantitative estimate of drug-likeness (QED) is 0.213. The number of likely N-dealkylation sites (tertiary alicyclic amines) is 2. The molecule has 2 N–H and O–H groups in total. The molecule has 2 aliphatic rings. The number of amides is 1. The van der Waals surface area contributed by atoms with E-state index in [-0.39, 0.29) is 24.0 Å². The van der Waals surface area contributed by atoms with Crippen LogP contribution in [0.2, 0.25) is 0 Å². The minimum absolute atomic E-state index is 0. The number of hydrogen-bond donors (Lipinski definition) is 2. The zero-order valence-corrected chi connectivity index (χ0v) is 18.7. The lowest BCUT2D eigenvalue weighted by molar-refractivity contribution is -0.127. The van der Waals surface area contributed by atoms with E-state index in [1.165, 1.54) is 12.8 Å². The van der Waals surface area contributed by atoms with Crippen LogP contribution in [0.4, 0.5) is 0 Å². The summed E-state index contributed by atoms with van der Waals surface area (Å²) in [7, 11) is 1.76. The van der Waals surface area contributed by atoms with Crippen molar-refractivity contribution in [1.29, 1.82) is 0 Å². The maximum absolute atomic E-state index is 11.6. The number of halogens is 1.